The lowest BCUT2D eigenvalue weighted by atomic mass is 9.98. The normalized spacial score (nSPS) is 11.2. The fourth-order valence-electron chi connectivity index (χ4n) is 2.89. The van der Waals surface area contributed by atoms with E-state index in [2.05, 4.69) is 10.3 Å². The van der Waals surface area contributed by atoms with Crippen LogP contribution in [0.1, 0.15) is 27.0 Å². The molecule has 1 amide bonds. The summed E-state index contributed by atoms with van der Waals surface area (Å²) in [6.45, 7) is 0. The van der Waals surface area contributed by atoms with Crippen molar-refractivity contribution >= 4 is 17.3 Å². The zero-order valence-corrected chi connectivity index (χ0v) is 14.8. The van der Waals surface area contributed by atoms with Crippen LogP contribution in [0.2, 0.25) is 0 Å². The van der Waals surface area contributed by atoms with E-state index < -0.39 is 17.6 Å². The molecule has 0 bridgehead atoms. The van der Waals surface area contributed by atoms with Gasteiger partial charge in [-0.15, -0.1) is 0 Å². The fraction of sp³-hybridized carbons (Fsp3) is 0.143. The third-order valence-corrected chi connectivity index (χ3v) is 4.32. The lowest BCUT2D eigenvalue weighted by molar-refractivity contribution is -0.137. The van der Waals surface area contributed by atoms with Crippen LogP contribution in [0.4, 0.5) is 24.5 Å². The zero-order chi connectivity index (χ0) is 20.1. The summed E-state index contributed by atoms with van der Waals surface area (Å²) in [4.78, 5) is 16.7. The van der Waals surface area contributed by atoms with Gasteiger partial charge in [-0.25, -0.2) is 0 Å². The quantitative estimate of drug-likeness (QED) is 0.625. The molecule has 144 valence electrons. The van der Waals surface area contributed by atoms with E-state index in [1.165, 1.54) is 12.1 Å². The van der Waals surface area contributed by atoms with Gasteiger partial charge in [0.2, 0.25) is 0 Å². The van der Waals surface area contributed by atoms with Gasteiger partial charge in [-0.05, 0) is 66.4 Å². The van der Waals surface area contributed by atoms with Crippen molar-refractivity contribution in [2.24, 2.45) is 0 Å². The summed E-state index contributed by atoms with van der Waals surface area (Å²) in [5, 5.41) is 2.53. The number of alkyl halides is 3. The van der Waals surface area contributed by atoms with Crippen LogP contribution < -0.4 is 11.1 Å². The van der Waals surface area contributed by atoms with Crippen LogP contribution in [0, 0.1) is 0 Å². The van der Waals surface area contributed by atoms with E-state index in [9.17, 15) is 18.0 Å². The third-order valence-electron chi connectivity index (χ3n) is 4.32. The van der Waals surface area contributed by atoms with Gasteiger partial charge in [0.1, 0.15) is 0 Å². The topological polar surface area (TPSA) is 68.0 Å². The van der Waals surface area contributed by atoms with E-state index in [4.69, 9.17) is 5.73 Å². The molecule has 0 atom stereocenters. The molecule has 0 aliphatic carbocycles. The number of aromatic nitrogens is 1. The van der Waals surface area contributed by atoms with Crippen LogP contribution in [-0.4, -0.2) is 10.9 Å². The van der Waals surface area contributed by atoms with Gasteiger partial charge in [0.15, 0.2) is 0 Å². The Balaban J connectivity index is 1.81. The lowest BCUT2D eigenvalue weighted by Gasteiger charge is -2.14. The van der Waals surface area contributed by atoms with Crippen molar-refractivity contribution < 1.29 is 18.0 Å². The van der Waals surface area contributed by atoms with Crippen molar-refractivity contribution in [3.63, 3.8) is 0 Å². The number of rotatable bonds is 5. The SMILES string of the molecule is Nc1cccc(C(=O)Nc2cccc(C(F)(F)F)c2)c1CCc1ccncc1. The molecule has 1 heterocycles. The number of nitrogens with two attached hydrogens (primary N) is 1. The molecule has 1 aromatic heterocycles. The van der Waals surface area contributed by atoms with Crippen molar-refractivity contribution in [3.05, 3.63) is 89.2 Å². The van der Waals surface area contributed by atoms with E-state index in [-0.39, 0.29) is 5.69 Å². The largest absolute Gasteiger partial charge is 0.416 e. The second-order valence-electron chi connectivity index (χ2n) is 6.26. The Kier molecular flexibility index (Phi) is 5.63. The van der Waals surface area contributed by atoms with Crippen LogP contribution in [0.3, 0.4) is 0 Å². The molecule has 28 heavy (non-hydrogen) atoms. The highest BCUT2D eigenvalue weighted by Crippen LogP contribution is 2.31. The Bertz CT molecular complexity index is 972. The lowest BCUT2D eigenvalue weighted by Crippen LogP contribution is -2.16. The maximum Gasteiger partial charge on any atom is 0.416 e. The molecule has 3 aromatic rings. The summed E-state index contributed by atoms with van der Waals surface area (Å²) in [6.07, 6.45) is 0.0616. The first-order chi connectivity index (χ1) is 13.3. The van der Waals surface area contributed by atoms with Crippen molar-refractivity contribution in [3.8, 4) is 0 Å². The number of nitrogens with one attached hydrogen (secondary N) is 1. The van der Waals surface area contributed by atoms with Crippen molar-refractivity contribution in [2.45, 2.75) is 19.0 Å². The van der Waals surface area contributed by atoms with Gasteiger partial charge < -0.3 is 11.1 Å². The number of nitrogen functional groups attached to an aromatic ring is 1. The number of aryl methyl sites for hydroxylation is 1. The van der Waals surface area contributed by atoms with Crippen molar-refractivity contribution in [2.75, 3.05) is 11.1 Å². The molecular formula is C21H18F3N3O. The molecule has 7 heteroatoms. The molecule has 0 fully saturated rings. The number of nitrogens with zero attached hydrogens (tertiary/aromatic N) is 1. The summed E-state index contributed by atoms with van der Waals surface area (Å²) in [5.41, 5.74) is 7.81. The molecule has 0 saturated carbocycles. The average Bonchev–Trinajstić information content (AvgIpc) is 2.67. The van der Waals surface area contributed by atoms with Gasteiger partial charge in [-0.2, -0.15) is 13.2 Å². The number of carbonyl (C=O) groups is 1. The molecule has 0 aliphatic heterocycles. The first-order valence-corrected chi connectivity index (χ1v) is 8.59. The smallest absolute Gasteiger partial charge is 0.398 e. The number of anilines is 2. The first kappa shape index (κ1) is 19.4. The van der Waals surface area contributed by atoms with Crippen LogP contribution in [0.15, 0.2) is 67.0 Å². The van der Waals surface area contributed by atoms with E-state index in [1.807, 2.05) is 12.1 Å². The first-order valence-electron chi connectivity index (χ1n) is 8.59. The average molecular weight is 385 g/mol. The summed E-state index contributed by atoms with van der Waals surface area (Å²) in [7, 11) is 0. The van der Waals surface area contributed by atoms with Crippen molar-refractivity contribution in [1.29, 1.82) is 0 Å². The standard InChI is InChI=1S/C21H18F3N3O/c22-21(23,24)15-3-1-4-16(13-15)27-20(28)18-5-2-6-19(25)17(18)8-7-14-9-11-26-12-10-14/h1-6,9-13H,7-8,25H2,(H,27,28). The minimum atomic E-state index is -4.48. The van der Waals surface area contributed by atoms with Crippen LogP contribution in [0.5, 0.6) is 0 Å². The van der Waals surface area contributed by atoms with E-state index in [0.717, 1.165) is 17.7 Å². The maximum atomic E-state index is 12.9. The molecule has 2 aromatic carbocycles. The monoisotopic (exact) mass is 385 g/mol. The van der Waals surface area contributed by atoms with Gasteiger partial charge in [-0.3, -0.25) is 9.78 Å². The number of carbonyl (C=O) groups excluding carboxylic acids is 1. The molecule has 0 unspecified atom stereocenters. The summed E-state index contributed by atoms with van der Waals surface area (Å²) >= 11 is 0. The second kappa shape index (κ2) is 8.12. The Morgan fingerprint density at radius 2 is 1.71 bits per heavy atom. The number of halogens is 3. The van der Waals surface area contributed by atoms with Crippen LogP contribution in [-0.2, 0) is 19.0 Å². The predicted molar refractivity (Wildman–Crippen MR) is 102 cm³/mol. The summed E-state index contributed by atoms with van der Waals surface area (Å²) in [5.74, 6) is -0.503. The number of pyridine rings is 1. The van der Waals surface area contributed by atoms with Gasteiger partial charge in [0.25, 0.3) is 5.91 Å². The molecule has 3 N–H and O–H groups in total. The minimum absolute atomic E-state index is 0.0716. The molecule has 0 aliphatic rings. The Labute approximate surface area is 160 Å². The van der Waals surface area contributed by atoms with Gasteiger partial charge in [0, 0.05) is 29.3 Å². The highest BCUT2D eigenvalue weighted by Gasteiger charge is 2.30. The van der Waals surface area contributed by atoms with Crippen LogP contribution >= 0.6 is 0 Å². The van der Waals surface area contributed by atoms with E-state index >= 15 is 0 Å². The number of amides is 1. The Hall–Kier alpha value is -3.35. The molecule has 3 rings (SSSR count). The third kappa shape index (κ3) is 4.68. The molecular weight excluding hydrogens is 367 g/mol. The maximum absolute atomic E-state index is 12.9. The zero-order valence-electron chi connectivity index (χ0n) is 14.8. The predicted octanol–water partition coefficient (Wildman–Crippen LogP) is 4.72. The summed E-state index contributed by atoms with van der Waals surface area (Å²) < 4.78 is 38.6. The molecule has 0 radical (unpaired) electrons. The van der Waals surface area contributed by atoms with E-state index in [0.29, 0.717) is 29.7 Å². The van der Waals surface area contributed by atoms with Crippen molar-refractivity contribution in [1.82, 2.24) is 4.98 Å². The number of hydrogen-bond donors (Lipinski definition) is 2. The van der Waals surface area contributed by atoms with Gasteiger partial charge in [0.05, 0.1) is 5.56 Å². The Morgan fingerprint density at radius 3 is 2.43 bits per heavy atom. The highest BCUT2D eigenvalue weighted by molar-refractivity contribution is 6.06. The fourth-order valence-corrected chi connectivity index (χ4v) is 2.89. The van der Waals surface area contributed by atoms with E-state index in [1.54, 1.807) is 30.6 Å². The van der Waals surface area contributed by atoms with Crippen LogP contribution in [0.25, 0.3) is 0 Å². The second-order valence-corrected chi connectivity index (χ2v) is 6.26. The Morgan fingerprint density at radius 1 is 1.00 bits per heavy atom. The number of hydrogen-bond acceptors (Lipinski definition) is 3. The number of benzene rings is 2. The molecule has 4 nitrogen and oxygen atoms in total. The molecule has 0 spiro atoms. The summed E-state index contributed by atoms with van der Waals surface area (Å²) in [6, 6.07) is 13.2. The van der Waals surface area contributed by atoms with Gasteiger partial charge in [-0.1, -0.05) is 12.1 Å². The molecule has 0 saturated heterocycles. The van der Waals surface area contributed by atoms with Gasteiger partial charge >= 0.3 is 6.18 Å². The highest BCUT2D eigenvalue weighted by atomic mass is 19.4. The minimum Gasteiger partial charge on any atom is -0.398 e.